The lowest BCUT2D eigenvalue weighted by Gasteiger charge is -2.34. The first kappa shape index (κ1) is 11.3. The molecule has 5 nitrogen and oxygen atoms in total. The summed E-state index contributed by atoms with van der Waals surface area (Å²) in [5.74, 6) is -0.441. The molecule has 1 rings (SSSR count). The zero-order valence-electron chi connectivity index (χ0n) is 8.74. The summed E-state index contributed by atoms with van der Waals surface area (Å²) >= 11 is 0. The van der Waals surface area contributed by atoms with Crippen LogP contribution in [0.3, 0.4) is 0 Å². The van der Waals surface area contributed by atoms with Crippen molar-refractivity contribution < 1.29 is 23.7 Å². The van der Waals surface area contributed by atoms with Gasteiger partial charge in [-0.05, 0) is 13.8 Å². The Labute approximate surface area is 83.3 Å². The Morgan fingerprint density at radius 3 is 2.50 bits per heavy atom. The predicted octanol–water partition coefficient (Wildman–Crippen LogP) is 1.17. The van der Waals surface area contributed by atoms with Gasteiger partial charge in [0.05, 0.1) is 20.3 Å². The summed E-state index contributed by atoms with van der Waals surface area (Å²) < 4.78 is 19.9. The Bertz CT molecular complexity index is 191. The summed E-state index contributed by atoms with van der Waals surface area (Å²) in [4.78, 5) is 10.7. The zero-order chi connectivity index (χ0) is 10.6. The van der Waals surface area contributed by atoms with Crippen molar-refractivity contribution in [2.24, 2.45) is 5.92 Å². The number of hydrogen-bond acceptors (Lipinski definition) is 5. The van der Waals surface area contributed by atoms with Gasteiger partial charge in [0.2, 0.25) is 0 Å². The third-order valence-corrected chi connectivity index (χ3v) is 1.94. The first-order valence-electron chi connectivity index (χ1n) is 4.52. The highest BCUT2D eigenvalue weighted by Gasteiger charge is 2.28. The summed E-state index contributed by atoms with van der Waals surface area (Å²) in [5.41, 5.74) is 0. The minimum atomic E-state index is -0.671. The molecule has 1 fully saturated rings. The van der Waals surface area contributed by atoms with Crippen molar-refractivity contribution in [2.75, 3.05) is 26.9 Å². The number of rotatable bonds is 2. The molecule has 1 saturated heterocycles. The fourth-order valence-corrected chi connectivity index (χ4v) is 1.07. The van der Waals surface area contributed by atoms with Crippen molar-refractivity contribution in [3.63, 3.8) is 0 Å². The highest BCUT2D eigenvalue weighted by Crippen LogP contribution is 2.20. The predicted molar refractivity (Wildman–Crippen MR) is 47.8 cm³/mol. The van der Waals surface area contributed by atoms with Gasteiger partial charge in [-0.15, -0.1) is 0 Å². The Hall–Kier alpha value is -0.810. The molecular formula is C9H16O5. The van der Waals surface area contributed by atoms with Crippen molar-refractivity contribution in [3.05, 3.63) is 0 Å². The van der Waals surface area contributed by atoms with E-state index in [0.717, 1.165) is 0 Å². The number of methoxy groups -OCH3 is 1. The van der Waals surface area contributed by atoms with Gasteiger partial charge >= 0.3 is 6.16 Å². The molecule has 5 heteroatoms. The average Bonchev–Trinajstić information content (AvgIpc) is 2.16. The molecule has 0 radical (unpaired) electrons. The van der Waals surface area contributed by atoms with E-state index in [1.165, 1.54) is 7.11 Å². The quantitative estimate of drug-likeness (QED) is 0.632. The van der Waals surface area contributed by atoms with Crippen LogP contribution < -0.4 is 0 Å². The number of hydrogen-bond donors (Lipinski definition) is 0. The fraction of sp³-hybridized carbons (Fsp3) is 0.889. The number of ether oxygens (including phenoxy) is 4. The molecule has 0 atom stereocenters. The first-order valence-corrected chi connectivity index (χ1v) is 4.52. The second-order valence-corrected chi connectivity index (χ2v) is 3.65. The van der Waals surface area contributed by atoms with E-state index in [9.17, 15) is 4.79 Å². The highest BCUT2D eigenvalue weighted by molar-refractivity contribution is 5.59. The van der Waals surface area contributed by atoms with Crippen molar-refractivity contribution in [1.82, 2.24) is 0 Å². The van der Waals surface area contributed by atoms with Gasteiger partial charge < -0.3 is 18.9 Å². The normalized spacial score (nSPS) is 21.6. The van der Waals surface area contributed by atoms with Crippen LogP contribution >= 0.6 is 0 Å². The molecule has 82 valence electrons. The lowest BCUT2D eigenvalue weighted by molar-refractivity contribution is -0.265. The maximum absolute atomic E-state index is 10.7. The Kier molecular flexibility index (Phi) is 3.71. The Morgan fingerprint density at radius 2 is 2.00 bits per heavy atom. The summed E-state index contributed by atoms with van der Waals surface area (Å²) in [7, 11) is 1.28. The molecule has 0 aromatic carbocycles. The van der Waals surface area contributed by atoms with Crippen LogP contribution in [0.25, 0.3) is 0 Å². The van der Waals surface area contributed by atoms with E-state index in [4.69, 9.17) is 14.2 Å². The molecule has 0 spiro atoms. The molecule has 1 heterocycles. The van der Waals surface area contributed by atoms with E-state index >= 15 is 0 Å². The molecule has 1 aliphatic rings. The molecule has 0 N–H and O–H groups in total. The second-order valence-electron chi connectivity index (χ2n) is 3.65. The van der Waals surface area contributed by atoms with E-state index in [2.05, 4.69) is 4.74 Å². The lowest BCUT2D eigenvalue weighted by atomic mass is 10.1. The molecule has 0 bridgehead atoms. The standard InChI is InChI=1S/C9H16O5/c1-9(2)13-5-7(6-14-9)4-12-8(10)11-3/h7H,4-6H2,1-3H3. The number of carbonyl (C=O) groups is 1. The van der Waals surface area contributed by atoms with Crippen LogP contribution in [0.2, 0.25) is 0 Å². The molecule has 0 saturated carbocycles. The van der Waals surface area contributed by atoms with Crippen molar-refractivity contribution in [1.29, 1.82) is 0 Å². The Balaban J connectivity index is 2.19. The smallest absolute Gasteiger partial charge is 0.438 e. The molecule has 0 amide bonds. The monoisotopic (exact) mass is 204 g/mol. The zero-order valence-corrected chi connectivity index (χ0v) is 8.74. The second kappa shape index (κ2) is 4.61. The van der Waals surface area contributed by atoms with Gasteiger partial charge in [-0.1, -0.05) is 0 Å². The molecule has 1 aliphatic heterocycles. The van der Waals surface area contributed by atoms with Crippen molar-refractivity contribution >= 4 is 6.16 Å². The average molecular weight is 204 g/mol. The molecule has 0 aliphatic carbocycles. The van der Waals surface area contributed by atoms with Gasteiger partial charge in [0.25, 0.3) is 0 Å². The van der Waals surface area contributed by atoms with Crippen LogP contribution in [-0.4, -0.2) is 38.9 Å². The SMILES string of the molecule is COC(=O)OCC1COC(C)(C)OC1. The molecular weight excluding hydrogens is 188 g/mol. The maximum Gasteiger partial charge on any atom is 0.507 e. The summed E-state index contributed by atoms with van der Waals surface area (Å²) in [6.07, 6.45) is -0.671. The van der Waals surface area contributed by atoms with Crippen molar-refractivity contribution in [3.8, 4) is 0 Å². The van der Waals surface area contributed by atoms with Crippen LogP contribution in [-0.2, 0) is 18.9 Å². The fourth-order valence-electron chi connectivity index (χ4n) is 1.07. The summed E-state index contributed by atoms with van der Waals surface area (Å²) in [6, 6.07) is 0. The Morgan fingerprint density at radius 1 is 1.43 bits per heavy atom. The van der Waals surface area contributed by atoms with Gasteiger partial charge in [-0.25, -0.2) is 4.79 Å². The van der Waals surface area contributed by atoms with Crippen LogP contribution in [0, 0.1) is 5.92 Å². The van der Waals surface area contributed by atoms with Crippen LogP contribution in [0.4, 0.5) is 4.79 Å². The largest absolute Gasteiger partial charge is 0.507 e. The maximum atomic E-state index is 10.7. The van der Waals surface area contributed by atoms with Gasteiger partial charge in [-0.3, -0.25) is 0 Å². The lowest BCUT2D eigenvalue weighted by Crippen LogP contribution is -2.41. The van der Waals surface area contributed by atoms with Gasteiger partial charge in [0, 0.05) is 5.92 Å². The summed E-state index contributed by atoms with van der Waals surface area (Å²) in [5, 5.41) is 0. The van der Waals surface area contributed by atoms with Crippen LogP contribution in [0.15, 0.2) is 0 Å². The van der Waals surface area contributed by atoms with E-state index in [1.54, 1.807) is 0 Å². The van der Waals surface area contributed by atoms with Crippen molar-refractivity contribution in [2.45, 2.75) is 19.6 Å². The molecule has 0 aromatic heterocycles. The first-order chi connectivity index (χ1) is 6.53. The van der Waals surface area contributed by atoms with Crippen LogP contribution in [0.5, 0.6) is 0 Å². The minimum Gasteiger partial charge on any atom is -0.438 e. The van der Waals surface area contributed by atoms with Gasteiger partial charge in [0.1, 0.15) is 6.61 Å². The minimum absolute atomic E-state index is 0.0853. The topological polar surface area (TPSA) is 54.0 Å². The molecule has 0 aromatic rings. The van der Waals surface area contributed by atoms with Crippen LogP contribution in [0.1, 0.15) is 13.8 Å². The molecule has 0 unspecified atom stereocenters. The third kappa shape index (κ3) is 3.51. The third-order valence-electron chi connectivity index (χ3n) is 1.94. The summed E-state index contributed by atoms with van der Waals surface area (Å²) in [6.45, 7) is 5.03. The van der Waals surface area contributed by atoms with Gasteiger partial charge in [-0.2, -0.15) is 0 Å². The molecule has 14 heavy (non-hydrogen) atoms. The highest BCUT2D eigenvalue weighted by atomic mass is 16.7. The van der Waals surface area contributed by atoms with E-state index in [0.29, 0.717) is 13.2 Å². The number of carbonyl (C=O) groups excluding carboxylic acids is 1. The van der Waals surface area contributed by atoms with E-state index < -0.39 is 11.9 Å². The van der Waals surface area contributed by atoms with Gasteiger partial charge in [0.15, 0.2) is 5.79 Å². The van der Waals surface area contributed by atoms with E-state index in [1.807, 2.05) is 13.8 Å². The van der Waals surface area contributed by atoms with E-state index in [-0.39, 0.29) is 12.5 Å².